The maximum atomic E-state index is 9.69. The van der Waals surface area contributed by atoms with Crippen molar-refractivity contribution in [2.24, 2.45) is 0 Å². The van der Waals surface area contributed by atoms with Crippen molar-refractivity contribution in [1.82, 2.24) is 5.32 Å². The Morgan fingerprint density at radius 3 is 2.76 bits per heavy atom. The summed E-state index contributed by atoms with van der Waals surface area (Å²) < 4.78 is 0. The molecule has 0 saturated carbocycles. The van der Waals surface area contributed by atoms with Crippen LogP contribution >= 0.6 is 0 Å². The molecule has 3 heteroatoms. The maximum Gasteiger partial charge on any atom is 0.0635 e. The Kier molecular flexibility index (Phi) is 6.07. The summed E-state index contributed by atoms with van der Waals surface area (Å²) in [5.74, 6) is 0. The molecule has 0 radical (unpaired) electrons. The van der Waals surface area contributed by atoms with Crippen molar-refractivity contribution < 1.29 is 5.11 Å². The molecule has 0 bridgehead atoms. The molecule has 1 heterocycles. The molecular formula is C18H30N2O. The van der Waals surface area contributed by atoms with Crippen molar-refractivity contribution in [3.8, 4) is 0 Å². The number of anilines is 1. The summed E-state index contributed by atoms with van der Waals surface area (Å²) in [6.45, 7) is 8.77. The molecule has 3 nitrogen and oxygen atoms in total. The van der Waals surface area contributed by atoms with Crippen LogP contribution in [0.1, 0.15) is 50.7 Å². The standard InChI is InChI=1S/C18H30N2O/c1-14(2)19-12-16-8-9-18(15(3)11-16)20-10-6-4-5-7-17(20)13-21/h8-9,11,14,17,19,21H,4-7,10,12-13H2,1-3H3. The minimum absolute atomic E-state index is 0.260. The zero-order valence-electron chi connectivity index (χ0n) is 13.7. The highest BCUT2D eigenvalue weighted by molar-refractivity contribution is 5.55. The fraction of sp³-hybridized carbons (Fsp3) is 0.667. The van der Waals surface area contributed by atoms with Gasteiger partial charge in [-0.1, -0.05) is 38.8 Å². The number of benzene rings is 1. The zero-order chi connectivity index (χ0) is 15.2. The van der Waals surface area contributed by atoms with E-state index in [0.29, 0.717) is 6.04 Å². The molecule has 0 spiro atoms. The molecule has 2 rings (SSSR count). The summed E-state index contributed by atoms with van der Waals surface area (Å²) >= 11 is 0. The van der Waals surface area contributed by atoms with Gasteiger partial charge in [0.15, 0.2) is 0 Å². The zero-order valence-corrected chi connectivity index (χ0v) is 13.7. The van der Waals surface area contributed by atoms with Gasteiger partial charge in [-0.05, 0) is 37.0 Å². The van der Waals surface area contributed by atoms with Gasteiger partial charge in [-0.2, -0.15) is 0 Å². The summed E-state index contributed by atoms with van der Waals surface area (Å²) in [6.07, 6.45) is 4.85. The van der Waals surface area contributed by atoms with Crippen LogP contribution in [0.15, 0.2) is 18.2 Å². The highest BCUT2D eigenvalue weighted by Crippen LogP contribution is 2.27. The van der Waals surface area contributed by atoms with Gasteiger partial charge in [-0.25, -0.2) is 0 Å². The number of nitrogens with one attached hydrogen (secondary N) is 1. The van der Waals surface area contributed by atoms with Gasteiger partial charge in [0.05, 0.1) is 12.6 Å². The molecule has 1 fully saturated rings. The third-order valence-corrected chi connectivity index (χ3v) is 4.37. The van der Waals surface area contributed by atoms with Gasteiger partial charge >= 0.3 is 0 Å². The fourth-order valence-corrected chi connectivity index (χ4v) is 3.16. The van der Waals surface area contributed by atoms with Crippen molar-refractivity contribution in [3.63, 3.8) is 0 Å². The SMILES string of the molecule is Cc1cc(CNC(C)C)ccc1N1CCCCCC1CO. The van der Waals surface area contributed by atoms with E-state index < -0.39 is 0 Å². The molecule has 1 aromatic rings. The van der Waals surface area contributed by atoms with E-state index >= 15 is 0 Å². The molecule has 2 N–H and O–H groups in total. The second kappa shape index (κ2) is 7.81. The molecule has 1 aromatic carbocycles. The van der Waals surface area contributed by atoms with Gasteiger partial charge in [0.1, 0.15) is 0 Å². The van der Waals surface area contributed by atoms with Gasteiger partial charge in [0, 0.05) is 24.8 Å². The first-order chi connectivity index (χ1) is 10.1. The largest absolute Gasteiger partial charge is 0.394 e. The molecule has 1 atom stereocenters. The summed E-state index contributed by atoms with van der Waals surface area (Å²) in [7, 11) is 0. The Hall–Kier alpha value is -1.06. The van der Waals surface area contributed by atoms with Gasteiger partial charge in [0.25, 0.3) is 0 Å². The van der Waals surface area contributed by atoms with E-state index in [1.54, 1.807) is 0 Å². The number of aliphatic hydroxyl groups excluding tert-OH is 1. The average Bonchev–Trinajstić information content (AvgIpc) is 2.70. The van der Waals surface area contributed by atoms with Crippen LogP contribution < -0.4 is 10.2 Å². The van der Waals surface area contributed by atoms with Crippen LogP contribution in [-0.4, -0.2) is 30.3 Å². The molecule has 0 aliphatic carbocycles. The van der Waals surface area contributed by atoms with E-state index in [1.807, 2.05) is 0 Å². The summed E-state index contributed by atoms with van der Waals surface area (Å²) in [5, 5.41) is 13.2. The molecular weight excluding hydrogens is 260 g/mol. The number of aryl methyl sites for hydroxylation is 1. The monoisotopic (exact) mass is 290 g/mol. The topological polar surface area (TPSA) is 35.5 Å². The number of hydrogen-bond donors (Lipinski definition) is 2. The highest BCUT2D eigenvalue weighted by Gasteiger charge is 2.21. The first kappa shape index (κ1) is 16.3. The Labute approximate surface area is 129 Å². The Balaban J connectivity index is 2.14. The third-order valence-electron chi connectivity index (χ3n) is 4.37. The average molecular weight is 290 g/mol. The Morgan fingerprint density at radius 1 is 1.29 bits per heavy atom. The van der Waals surface area contributed by atoms with Crippen LogP contribution in [-0.2, 0) is 6.54 Å². The van der Waals surface area contributed by atoms with Crippen molar-refractivity contribution in [1.29, 1.82) is 0 Å². The van der Waals surface area contributed by atoms with Gasteiger partial charge in [0.2, 0.25) is 0 Å². The van der Waals surface area contributed by atoms with Crippen molar-refractivity contribution in [3.05, 3.63) is 29.3 Å². The van der Waals surface area contributed by atoms with Crippen molar-refractivity contribution in [2.75, 3.05) is 18.1 Å². The first-order valence-electron chi connectivity index (χ1n) is 8.32. The lowest BCUT2D eigenvalue weighted by molar-refractivity contribution is 0.255. The van der Waals surface area contributed by atoms with E-state index in [9.17, 15) is 5.11 Å². The Morgan fingerprint density at radius 2 is 2.10 bits per heavy atom. The van der Waals surface area contributed by atoms with Crippen LogP contribution in [0.4, 0.5) is 5.69 Å². The fourth-order valence-electron chi connectivity index (χ4n) is 3.16. The van der Waals surface area contributed by atoms with Gasteiger partial charge in [-0.15, -0.1) is 0 Å². The number of rotatable bonds is 5. The van der Waals surface area contributed by atoms with E-state index in [4.69, 9.17) is 0 Å². The minimum atomic E-state index is 0.260. The number of nitrogens with zero attached hydrogens (tertiary/aromatic N) is 1. The smallest absolute Gasteiger partial charge is 0.0635 e. The minimum Gasteiger partial charge on any atom is -0.394 e. The number of aliphatic hydroxyl groups is 1. The maximum absolute atomic E-state index is 9.69. The third kappa shape index (κ3) is 4.45. The van der Waals surface area contributed by atoms with E-state index in [2.05, 4.69) is 49.2 Å². The van der Waals surface area contributed by atoms with E-state index in [0.717, 1.165) is 19.5 Å². The normalized spacial score (nSPS) is 19.9. The molecule has 0 amide bonds. The second-order valence-electron chi connectivity index (χ2n) is 6.54. The first-order valence-corrected chi connectivity index (χ1v) is 8.32. The highest BCUT2D eigenvalue weighted by atomic mass is 16.3. The van der Waals surface area contributed by atoms with E-state index in [1.165, 1.54) is 36.1 Å². The van der Waals surface area contributed by atoms with Crippen LogP contribution in [0.3, 0.4) is 0 Å². The summed E-state index contributed by atoms with van der Waals surface area (Å²) in [6, 6.07) is 7.53. The van der Waals surface area contributed by atoms with Crippen LogP contribution in [0.5, 0.6) is 0 Å². The van der Waals surface area contributed by atoms with Crippen LogP contribution in [0, 0.1) is 6.92 Å². The molecule has 1 saturated heterocycles. The summed E-state index contributed by atoms with van der Waals surface area (Å²) in [5.41, 5.74) is 3.95. The second-order valence-corrected chi connectivity index (χ2v) is 6.54. The number of hydrogen-bond acceptors (Lipinski definition) is 3. The van der Waals surface area contributed by atoms with Gasteiger partial charge < -0.3 is 15.3 Å². The lowest BCUT2D eigenvalue weighted by atomic mass is 10.1. The summed E-state index contributed by atoms with van der Waals surface area (Å²) in [4.78, 5) is 2.42. The quantitative estimate of drug-likeness (QED) is 0.874. The van der Waals surface area contributed by atoms with Crippen LogP contribution in [0.2, 0.25) is 0 Å². The molecule has 21 heavy (non-hydrogen) atoms. The lowest BCUT2D eigenvalue weighted by Crippen LogP contribution is -2.38. The molecule has 1 aliphatic rings. The Bertz CT molecular complexity index is 445. The molecule has 118 valence electrons. The lowest BCUT2D eigenvalue weighted by Gasteiger charge is -2.32. The van der Waals surface area contributed by atoms with Crippen molar-refractivity contribution >= 4 is 5.69 Å². The van der Waals surface area contributed by atoms with Crippen LogP contribution in [0.25, 0.3) is 0 Å². The predicted molar refractivity (Wildman–Crippen MR) is 89.8 cm³/mol. The van der Waals surface area contributed by atoms with Crippen molar-refractivity contribution in [2.45, 2.75) is 65.1 Å². The molecule has 1 aliphatic heterocycles. The molecule has 1 unspecified atom stereocenters. The predicted octanol–water partition coefficient (Wildman–Crippen LogP) is 3.23. The van der Waals surface area contributed by atoms with Gasteiger partial charge in [-0.3, -0.25) is 0 Å². The molecule has 0 aromatic heterocycles. The van der Waals surface area contributed by atoms with E-state index in [-0.39, 0.29) is 12.6 Å².